The maximum absolute atomic E-state index is 10.3. The smallest absolute Gasteiger partial charge is 0.225 e. The van der Waals surface area contributed by atoms with E-state index in [1.165, 1.54) is 11.1 Å². The van der Waals surface area contributed by atoms with E-state index >= 15 is 0 Å². The minimum absolute atomic E-state index is 0.159. The zero-order chi connectivity index (χ0) is 26.1. The molecule has 0 spiro atoms. The number of aromatic nitrogens is 6. The summed E-state index contributed by atoms with van der Waals surface area (Å²) in [5.74, 6) is 1.27. The number of methoxy groups -OCH3 is 1. The molecule has 194 valence electrons. The van der Waals surface area contributed by atoms with Crippen LogP contribution in [-0.2, 0) is 4.74 Å². The molecule has 0 saturated carbocycles. The van der Waals surface area contributed by atoms with Crippen molar-refractivity contribution in [2.24, 2.45) is 0 Å². The zero-order valence-electron chi connectivity index (χ0n) is 21.3. The van der Waals surface area contributed by atoms with Gasteiger partial charge in [0.05, 0.1) is 30.6 Å². The number of benzene rings is 1. The molecule has 0 radical (unpaired) electrons. The third-order valence-electron chi connectivity index (χ3n) is 7.37. The molecule has 0 amide bonds. The molecule has 0 unspecified atom stereocenters. The maximum Gasteiger partial charge on any atom is 0.225 e. The van der Waals surface area contributed by atoms with Gasteiger partial charge in [0.15, 0.2) is 11.3 Å². The third kappa shape index (κ3) is 4.53. The molecule has 10 heteroatoms. The summed E-state index contributed by atoms with van der Waals surface area (Å²) in [6, 6.07) is 9.16. The molecule has 6 rings (SSSR count). The monoisotopic (exact) mass is 510 g/mol. The molecule has 3 N–H and O–H groups in total. The average Bonchev–Trinajstić information content (AvgIpc) is 3.30. The number of hydrogen-bond acceptors (Lipinski definition) is 9. The van der Waals surface area contributed by atoms with Crippen LogP contribution in [0.2, 0.25) is 0 Å². The number of piperidine rings is 1. The number of aromatic hydroxyl groups is 1. The largest absolute Gasteiger partial charge is 0.507 e. The van der Waals surface area contributed by atoms with Crippen LogP contribution in [0, 0.1) is 0 Å². The second kappa shape index (κ2) is 10.1. The van der Waals surface area contributed by atoms with Crippen molar-refractivity contribution in [3.05, 3.63) is 66.2 Å². The van der Waals surface area contributed by atoms with Crippen LogP contribution in [0.3, 0.4) is 0 Å². The molecule has 3 aromatic heterocycles. The number of fused-ring (bicyclic) bond motifs is 1. The van der Waals surface area contributed by atoms with Gasteiger partial charge in [0, 0.05) is 36.6 Å². The number of rotatable bonds is 5. The van der Waals surface area contributed by atoms with Crippen LogP contribution in [0.1, 0.15) is 43.7 Å². The molecule has 4 aromatic rings. The van der Waals surface area contributed by atoms with Gasteiger partial charge in [-0.05, 0) is 61.4 Å². The van der Waals surface area contributed by atoms with E-state index < -0.39 is 0 Å². The molecule has 0 bridgehead atoms. The summed E-state index contributed by atoms with van der Waals surface area (Å²) in [5, 5.41) is 23.5. The van der Waals surface area contributed by atoms with Gasteiger partial charge in [0.1, 0.15) is 5.75 Å². The number of nitrogens with zero attached hydrogens (tertiary/aromatic N) is 7. The van der Waals surface area contributed by atoms with Crippen molar-refractivity contribution in [2.45, 2.75) is 38.1 Å². The lowest BCUT2D eigenvalue weighted by molar-refractivity contribution is 0.331. The average molecular weight is 511 g/mol. The Hall–Kier alpha value is -4.47. The Balaban J connectivity index is 1.16. The van der Waals surface area contributed by atoms with Crippen molar-refractivity contribution in [1.29, 1.82) is 0 Å². The van der Waals surface area contributed by atoms with E-state index in [0.29, 0.717) is 22.6 Å². The van der Waals surface area contributed by atoms with Crippen LogP contribution < -0.4 is 10.6 Å². The summed E-state index contributed by atoms with van der Waals surface area (Å²) in [4.78, 5) is 11.6. The normalized spacial score (nSPS) is 17.7. The van der Waals surface area contributed by atoms with Crippen molar-refractivity contribution in [1.82, 2.24) is 29.9 Å². The van der Waals surface area contributed by atoms with Gasteiger partial charge in [0.25, 0.3) is 0 Å². The number of ether oxygens (including phenoxy) is 1. The van der Waals surface area contributed by atoms with Crippen molar-refractivity contribution in [2.75, 3.05) is 30.8 Å². The molecule has 1 fully saturated rings. The second-order valence-corrected chi connectivity index (χ2v) is 9.75. The van der Waals surface area contributed by atoms with Gasteiger partial charge in [-0.25, -0.2) is 9.97 Å². The minimum atomic E-state index is 0.159. The summed E-state index contributed by atoms with van der Waals surface area (Å²) in [7, 11) is 1.69. The van der Waals surface area contributed by atoms with Crippen molar-refractivity contribution in [3.63, 3.8) is 0 Å². The lowest BCUT2D eigenvalue weighted by Crippen LogP contribution is -2.36. The van der Waals surface area contributed by atoms with Crippen LogP contribution in [-0.4, -0.2) is 55.3 Å². The number of nitrogen functional groups attached to an aromatic ring is 1. The van der Waals surface area contributed by atoms with E-state index in [2.05, 4.69) is 36.2 Å². The van der Waals surface area contributed by atoms with Crippen LogP contribution in [0.15, 0.2) is 60.6 Å². The van der Waals surface area contributed by atoms with E-state index in [1.54, 1.807) is 19.2 Å². The molecule has 1 aromatic carbocycles. The van der Waals surface area contributed by atoms with Gasteiger partial charge in [-0.15, -0.1) is 10.2 Å². The molecule has 0 atom stereocenters. The summed E-state index contributed by atoms with van der Waals surface area (Å²) in [5.41, 5.74) is 12.5. The maximum atomic E-state index is 10.3. The molecule has 10 nitrogen and oxygen atoms in total. The highest BCUT2D eigenvalue weighted by molar-refractivity contribution is 5.87. The quantitative estimate of drug-likeness (QED) is 0.373. The van der Waals surface area contributed by atoms with Crippen LogP contribution in [0.5, 0.6) is 5.75 Å². The predicted octanol–water partition coefficient (Wildman–Crippen LogP) is 4.51. The topological polar surface area (TPSA) is 128 Å². The Morgan fingerprint density at radius 1 is 1.08 bits per heavy atom. The number of phenolic OH excluding ortho intramolecular Hbond substituents is 1. The highest BCUT2D eigenvalue weighted by Gasteiger charge is 2.26. The highest BCUT2D eigenvalue weighted by atomic mass is 16.5. The van der Waals surface area contributed by atoms with Crippen molar-refractivity contribution < 1.29 is 9.84 Å². The van der Waals surface area contributed by atoms with Gasteiger partial charge in [-0.3, -0.25) is 4.68 Å². The van der Waals surface area contributed by atoms with E-state index in [0.717, 1.165) is 62.2 Å². The van der Waals surface area contributed by atoms with Crippen LogP contribution in [0.4, 0.5) is 11.8 Å². The fourth-order valence-corrected chi connectivity index (χ4v) is 5.31. The standard InChI is InChI=1S/C28H30N8O2/c1-38-17-18-6-8-19(9-7-18)20-15-30-28(31-16-20)35-12-10-21(11-13-35)36-24-14-23(22-4-2-3-5-25(22)37)32-33-26(24)27(29)34-36/h2-5,8,14-17,21,37H,6-7,9-13H2,1H3,(H2,29,34)/b18-17-. The SMILES string of the molecule is CO/C=C1/CC=C(c2cnc(N3CCC(n4nc(N)c5nnc(-c6ccccc6O)cc54)CC3)nc2)CC1. The van der Waals surface area contributed by atoms with Crippen LogP contribution in [0.25, 0.3) is 27.9 Å². The van der Waals surface area contributed by atoms with E-state index in [-0.39, 0.29) is 11.8 Å². The van der Waals surface area contributed by atoms with Crippen molar-refractivity contribution >= 4 is 28.4 Å². The molecule has 38 heavy (non-hydrogen) atoms. The number of phenols is 1. The van der Waals surface area contributed by atoms with Gasteiger partial charge in [0.2, 0.25) is 5.95 Å². The summed E-state index contributed by atoms with van der Waals surface area (Å²) in [6.45, 7) is 1.62. The fourth-order valence-electron chi connectivity index (χ4n) is 5.31. The van der Waals surface area contributed by atoms with Gasteiger partial charge in [-0.2, -0.15) is 5.10 Å². The summed E-state index contributed by atoms with van der Waals surface area (Å²) < 4.78 is 7.11. The fraction of sp³-hybridized carbons (Fsp3) is 0.321. The Morgan fingerprint density at radius 2 is 1.87 bits per heavy atom. The van der Waals surface area contributed by atoms with Crippen molar-refractivity contribution in [3.8, 4) is 17.0 Å². The summed E-state index contributed by atoms with van der Waals surface area (Å²) >= 11 is 0. The molecule has 1 aliphatic carbocycles. The number of nitrogens with two attached hydrogens (primary N) is 1. The molecule has 1 aliphatic heterocycles. The number of allylic oxidation sites excluding steroid dienone is 3. The zero-order valence-corrected chi connectivity index (χ0v) is 21.3. The molecule has 1 saturated heterocycles. The van der Waals surface area contributed by atoms with Gasteiger partial charge in [-0.1, -0.05) is 18.2 Å². The third-order valence-corrected chi connectivity index (χ3v) is 7.37. The van der Waals surface area contributed by atoms with E-state index in [4.69, 9.17) is 10.5 Å². The van der Waals surface area contributed by atoms with Gasteiger partial charge >= 0.3 is 0 Å². The van der Waals surface area contributed by atoms with E-state index in [1.807, 2.05) is 41.5 Å². The molecular weight excluding hydrogens is 480 g/mol. The highest BCUT2D eigenvalue weighted by Crippen LogP contribution is 2.33. The lowest BCUT2D eigenvalue weighted by Gasteiger charge is -2.32. The minimum Gasteiger partial charge on any atom is -0.507 e. The first kappa shape index (κ1) is 23.9. The first-order valence-electron chi connectivity index (χ1n) is 12.9. The Kier molecular flexibility index (Phi) is 6.36. The Morgan fingerprint density at radius 3 is 2.58 bits per heavy atom. The Bertz CT molecular complexity index is 1520. The molecule has 4 heterocycles. The number of para-hydroxylation sites is 1. The molecular formula is C28H30N8O2. The first-order chi connectivity index (χ1) is 18.6. The lowest BCUT2D eigenvalue weighted by atomic mass is 9.92. The number of anilines is 2. The molecule has 2 aliphatic rings. The predicted molar refractivity (Wildman–Crippen MR) is 146 cm³/mol. The van der Waals surface area contributed by atoms with E-state index in [9.17, 15) is 5.11 Å². The first-order valence-corrected chi connectivity index (χ1v) is 12.9. The van der Waals surface area contributed by atoms with Crippen LogP contribution >= 0.6 is 0 Å². The van der Waals surface area contributed by atoms with Gasteiger partial charge < -0.3 is 20.5 Å². The Labute approximate surface area is 220 Å². The number of hydrogen-bond donors (Lipinski definition) is 2. The second-order valence-electron chi connectivity index (χ2n) is 9.75. The summed E-state index contributed by atoms with van der Waals surface area (Å²) in [6.07, 6.45) is 12.6.